The first-order valence-corrected chi connectivity index (χ1v) is 6.04. The second kappa shape index (κ2) is 3.84. The first-order chi connectivity index (χ1) is 6.38. The molecule has 0 aromatic carbocycles. The highest BCUT2D eigenvalue weighted by Crippen LogP contribution is 2.03. The Bertz CT molecular complexity index is 474. The number of rotatable bonds is 1. The van der Waals surface area contributed by atoms with Gasteiger partial charge in [-0.15, -0.1) is 0 Å². The van der Waals surface area contributed by atoms with Crippen LogP contribution in [0.3, 0.4) is 0 Å². The smallest absolute Gasteiger partial charge is 0.214 e. The molecule has 0 fully saturated rings. The maximum absolute atomic E-state index is 10.7. The monoisotopic (exact) mass is 212 g/mol. The third kappa shape index (κ3) is 3.23. The first-order valence-electron chi connectivity index (χ1n) is 4.15. The zero-order valence-corrected chi connectivity index (χ0v) is 9.17. The van der Waals surface area contributed by atoms with Crippen LogP contribution in [0.5, 0.6) is 0 Å². The molecule has 1 aromatic rings. The predicted octanol–water partition coefficient (Wildman–Crippen LogP) is 0.818. The van der Waals surface area contributed by atoms with Gasteiger partial charge in [-0.2, -0.15) is 5.10 Å². The molecule has 76 valence electrons. The molecule has 4 nitrogen and oxygen atoms in total. The van der Waals surface area contributed by atoms with Crippen LogP contribution in [0.4, 0.5) is 0 Å². The normalized spacial score (nSPS) is 11.1. The molecule has 1 heterocycles. The summed E-state index contributed by atoms with van der Waals surface area (Å²) in [5.41, 5.74) is 0.615. The predicted molar refractivity (Wildman–Crippen MR) is 54.3 cm³/mol. The van der Waals surface area contributed by atoms with Crippen LogP contribution >= 0.6 is 0 Å². The van der Waals surface area contributed by atoms with Crippen molar-refractivity contribution in [2.75, 3.05) is 6.26 Å². The van der Waals surface area contributed by atoms with E-state index in [4.69, 9.17) is 0 Å². The number of aromatic nitrogens is 2. The van der Waals surface area contributed by atoms with E-state index in [0.717, 1.165) is 6.26 Å². The van der Waals surface area contributed by atoms with Crippen molar-refractivity contribution in [1.29, 1.82) is 0 Å². The summed E-state index contributed by atoms with van der Waals surface area (Å²) in [4.78, 5) is 0. The minimum absolute atomic E-state index is 0.254. The highest BCUT2D eigenvalue weighted by molar-refractivity contribution is 7.95. The van der Waals surface area contributed by atoms with Gasteiger partial charge in [0.2, 0.25) is 9.84 Å². The molecule has 0 saturated carbocycles. The van der Waals surface area contributed by atoms with E-state index in [1.807, 2.05) is 13.8 Å². The van der Waals surface area contributed by atoms with Crippen molar-refractivity contribution in [1.82, 2.24) is 9.78 Å². The van der Waals surface area contributed by atoms with Gasteiger partial charge in [0.1, 0.15) is 0 Å². The molecular weight excluding hydrogens is 200 g/mol. The molecule has 1 rings (SSSR count). The lowest BCUT2D eigenvalue weighted by atomic mass is 10.4. The number of sulfone groups is 1. The van der Waals surface area contributed by atoms with Crippen LogP contribution in [0.25, 0.3) is 0 Å². The van der Waals surface area contributed by atoms with Gasteiger partial charge in [-0.3, -0.25) is 4.68 Å². The Labute approximate surface area is 83.9 Å². The SMILES string of the molecule is CC(C)n1cc(C#CS(C)(=O)=O)cn1. The summed E-state index contributed by atoms with van der Waals surface area (Å²) in [5.74, 6) is 2.54. The summed E-state index contributed by atoms with van der Waals surface area (Å²) in [6, 6.07) is 0.254. The van der Waals surface area contributed by atoms with Crippen molar-refractivity contribution < 1.29 is 8.42 Å². The fourth-order valence-corrected chi connectivity index (χ4v) is 1.14. The lowest BCUT2D eigenvalue weighted by Crippen LogP contribution is -1.99. The van der Waals surface area contributed by atoms with Gasteiger partial charge in [0.25, 0.3) is 0 Å². The van der Waals surface area contributed by atoms with Crippen molar-refractivity contribution in [3.8, 4) is 11.2 Å². The Morgan fingerprint density at radius 2 is 2.14 bits per heavy atom. The molecule has 0 aliphatic rings. The van der Waals surface area contributed by atoms with E-state index in [9.17, 15) is 8.42 Å². The van der Waals surface area contributed by atoms with E-state index in [2.05, 4.69) is 16.3 Å². The topological polar surface area (TPSA) is 52.0 Å². The van der Waals surface area contributed by atoms with Gasteiger partial charge in [0, 0.05) is 17.5 Å². The van der Waals surface area contributed by atoms with Crippen molar-refractivity contribution in [3.63, 3.8) is 0 Å². The van der Waals surface area contributed by atoms with Gasteiger partial charge in [-0.05, 0) is 19.8 Å². The molecule has 0 spiro atoms. The van der Waals surface area contributed by atoms with Crippen molar-refractivity contribution in [2.24, 2.45) is 0 Å². The third-order valence-corrected chi connectivity index (χ3v) is 1.98. The van der Waals surface area contributed by atoms with E-state index in [1.54, 1.807) is 17.1 Å². The Hall–Kier alpha value is -1.28. The van der Waals surface area contributed by atoms with Crippen molar-refractivity contribution in [2.45, 2.75) is 19.9 Å². The molecule has 1 aromatic heterocycles. The van der Waals surface area contributed by atoms with Crippen LogP contribution in [-0.4, -0.2) is 24.5 Å². The zero-order valence-electron chi connectivity index (χ0n) is 8.35. The largest absolute Gasteiger partial charge is 0.269 e. The van der Waals surface area contributed by atoms with Gasteiger partial charge < -0.3 is 0 Å². The molecule has 0 radical (unpaired) electrons. The van der Waals surface area contributed by atoms with Crippen LogP contribution in [0.15, 0.2) is 12.4 Å². The van der Waals surface area contributed by atoms with E-state index >= 15 is 0 Å². The van der Waals surface area contributed by atoms with Crippen LogP contribution in [-0.2, 0) is 9.84 Å². The Morgan fingerprint density at radius 3 is 2.57 bits per heavy atom. The quantitative estimate of drug-likeness (QED) is 0.647. The van der Waals surface area contributed by atoms with Gasteiger partial charge in [0.15, 0.2) is 0 Å². The zero-order chi connectivity index (χ0) is 10.8. The molecule has 0 amide bonds. The molecular formula is C9H12N2O2S. The van der Waals surface area contributed by atoms with Crippen molar-refractivity contribution >= 4 is 9.84 Å². The van der Waals surface area contributed by atoms with Crippen molar-refractivity contribution in [3.05, 3.63) is 18.0 Å². The third-order valence-electron chi connectivity index (χ3n) is 1.51. The Balaban J connectivity index is 2.93. The fraction of sp³-hybridized carbons (Fsp3) is 0.444. The summed E-state index contributed by atoms with van der Waals surface area (Å²) in [5, 5.41) is 6.20. The molecule has 5 heteroatoms. The molecule has 0 bridgehead atoms. The standard InChI is InChI=1S/C9H12N2O2S/c1-8(2)11-7-9(6-10-11)4-5-14(3,12)13/h6-8H,1-3H3. The average molecular weight is 212 g/mol. The van der Waals surface area contributed by atoms with Gasteiger partial charge >= 0.3 is 0 Å². The Kier molecular flexibility index (Phi) is 2.96. The van der Waals surface area contributed by atoms with Gasteiger partial charge in [0.05, 0.1) is 18.0 Å². The Morgan fingerprint density at radius 1 is 1.50 bits per heavy atom. The van der Waals surface area contributed by atoms with E-state index < -0.39 is 9.84 Å². The molecule has 0 N–H and O–H groups in total. The molecule has 0 unspecified atom stereocenters. The summed E-state index contributed by atoms with van der Waals surface area (Å²) in [6.07, 6.45) is 4.36. The summed E-state index contributed by atoms with van der Waals surface area (Å²) >= 11 is 0. The van der Waals surface area contributed by atoms with E-state index in [-0.39, 0.29) is 6.04 Å². The lowest BCUT2D eigenvalue weighted by Gasteiger charge is -2.01. The maximum Gasteiger partial charge on any atom is 0.214 e. The highest BCUT2D eigenvalue weighted by Gasteiger charge is 1.99. The van der Waals surface area contributed by atoms with Crippen LogP contribution < -0.4 is 0 Å². The molecule has 0 atom stereocenters. The first kappa shape index (κ1) is 10.8. The minimum Gasteiger partial charge on any atom is -0.269 e. The maximum atomic E-state index is 10.7. The molecule has 14 heavy (non-hydrogen) atoms. The van der Waals surface area contributed by atoms with Gasteiger partial charge in [-0.25, -0.2) is 8.42 Å². The average Bonchev–Trinajstić information content (AvgIpc) is 2.47. The van der Waals surface area contributed by atoms with Crippen LogP contribution in [0.2, 0.25) is 0 Å². The summed E-state index contributed by atoms with van der Waals surface area (Å²) < 4.78 is 23.2. The molecule has 0 saturated heterocycles. The molecule has 0 aliphatic carbocycles. The van der Waals surface area contributed by atoms with E-state index in [1.165, 1.54) is 0 Å². The number of hydrogen-bond donors (Lipinski definition) is 0. The van der Waals surface area contributed by atoms with Crippen LogP contribution in [0.1, 0.15) is 25.5 Å². The lowest BCUT2D eigenvalue weighted by molar-refractivity contribution is 0.532. The minimum atomic E-state index is -3.23. The number of nitrogens with zero attached hydrogens (tertiary/aromatic N) is 2. The fourth-order valence-electron chi connectivity index (χ4n) is 0.837. The van der Waals surface area contributed by atoms with Crippen LogP contribution in [0, 0.1) is 11.2 Å². The highest BCUT2D eigenvalue weighted by atomic mass is 32.2. The molecule has 0 aliphatic heterocycles. The van der Waals surface area contributed by atoms with E-state index in [0.29, 0.717) is 5.56 Å². The summed E-state index contributed by atoms with van der Waals surface area (Å²) in [7, 11) is -3.23. The second-order valence-electron chi connectivity index (χ2n) is 3.30. The number of hydrogen-bond acceptors (Lipinski definition) is 3. The summed E-state index contributed by atoms with van der Waals surface area (Å²) in [6.45, 7) is 3.97. The van der Waals surface area contributed by atoms with Gasteiger partial charge in [-0.1, -0.05) is 0 Å². The second-order valence-corrected chi connectivity index (χ2v) is 5.05.